The van der Waals surface area contributed by atoms with Crippen LogP contribution < -0.4 is 5.32 Å². The Kier molecular flexibility index (Phi) is 3.11. The van der Waals surface area contributed by atoms with Gasteiger partial charge < -0.3 is 4.90 Å². The van der Waals surface area contributed by atoms with Gasteiger partial charge in [-0.2, -0.15) is 0 Å². The number of nitrogens with zero attached hydrogens (tertiary/aromatic N) is 1. The lowest BCUT2D eigenvalue weighted by Crippen LogP contribution is -2.46. The van der Waals surface area contributed by atoms with E-state index in [2.05, 4.69) is 24.4 Å². The van der Waals surface area contributed by atoms with Crippen LogP contribution >= 0.6 is 11.3 Å². The Morgan fingerprint density at radius 1 is 1.32 bits per heavy atom. The Balaban J connectivity index is 1.51. The van der Waals surface area contributed by atoms with Crippen molar-refractivity contribution >= 4 is 29.1 Å². The summed E-state index contributed by atoms with van der Waals surface area (Å²) in [6.07, 6.45) is 2.87. The molecular weight excluding hydrogens is 300 g/mol. The maximum absolute atomic E-state index is 12.9. The highest BCUT2D eigenvalue weighted by atomic mass is 32.1. The first kappa shape index (κ1) is 13.9. The summed E-state index contributed by atoms with van der Waals surface area (Å²) in [6, 6.07) is 3.76. The number of carbonyl (C=O) groups excluding carboxylic acids is 3. The zero-order valence-electron chi connectivity index (χ0n) is 12.4. The van der Waals surface area contributed by atoms with Crippen LogP contribution in [0.25, 0.3) is 0 Å². The number of hydrogen-bond acceptors (Lipinski definition) is 4. The van der Waals surface area contributed by atoms with E-state index in [4.69, 9.17) is 0 Å². The molecule has 1 saturated heterocycles. The van der Waals surface area contributed by atoms with Crippen LogP contribution in [0.2, 0.25) is 0 Å². The van der Waals surface area contributed by atoms with Crippen molar-refractivity contribution < 1.29 is 14.4 Å². The third-order valence-electron chi connectivity index (χ3n) is 4.71. The topological polar surface area (TPSA) is 66.5 Å². The van der Waals surface area contributed by atoms with Crippen LogP contribution in [0.1, 0.15) is 41.4 Å². The second kappa shape index (κ2) is 4.91. The summed E-state index contributed by atoms with van der Waals surface area (Å²) in [6.45, 7) is 2.07. The number of nitrogens with one attached hydrogen (secondary N) is 1. The van der Waals surface area contributed by atoms with Crippen molar-refractivity contribution in [1.29, 1.82) is 0 Å². The Morgan fingerprint density at radius 3 is 2.64 bits per heavy atom. The van der Waals surface area contributed by atoms with Crippen molar-refractivity contribution in [2.45, 2.75) is 50.6 Å². The predicted molar refractivity (Wildman–Crippen MR) is 81.3 cm³/mol. The van der Waals surface area contributed by atoms with E-state index in [1.54, 1.807) is 16.2 Å². The zero-order valence-corrected chi connectivity index (χ0v) is 13.2. The molecule has 1 aromatic rings. The van der Waals surface area contributed by atoms with Crippen LogP contribution in [-0.4, -0.2) is 34.7 Å². The number of amides is 3. The van der Waals surface area contributed by atoms with Crippen LogP contribution in [0.4, 0.5) is 0 Å². The molecule has 1 aliphatic heterocycles. The lowest BCUT2D eigenvalue weighted by Gasteiger charge is -2.27. The molecule has 3 fully saturated rings. The quantitative estimate of drug-likeness (QED) is 0.857. The Morgan fingerprint density at radius 2 is 2.09 bits per heavy atom. The van der Waals surface area contributed by atoms with Crippen molar-refractivity contribution in [1.82, 2.24) is 10.2 Å². The molecule has 1 aromatic heterocycles. The summed E-state index contributed by atoms with van der Waals surface area (Å²) in [5.74, 6) is -0.229. The summed E-state index contributed by atoms with van der Waals surface area (Å²) in [5, 5.41) is 2.32. The number of rotatable bonds is 4. The average Bonchev–Trinajstić information content (AvgIpc) is 3.36. The molecule has 0 radical (unpaired) electrons. The van der Waals surface area contributed by atoms with E-state index in [0.29, 0.717) is 5.92 Å². The highest BCUT2D eigenvalue weighted by molar-refractivity contribution is 7.12. The lowest BCUT2D eigenvalue weighted by molar-refractivity contribution is -0.140. The Labute approximate surface area is 132 Å². The largest absolute Gasteiger partial charge is 0.327 e. The molecule has 0 aromatic carbocycles. The van der Waals surface area contributed by atoms with Crippen molar-refractivity contribution in [2.75, 3.05) is 0 Å². The summed E-state index contributed by atoms with van der Waals surface area (Å²) < 4.78 is 0. The van der Waals surface area contributed by atoms with Crippen LogP contribution in [-0.2, 0) is 14.4 Å². The van der Waals surface area contributed by atoms with E-state index < -0.39 is 6.04 Å². The Bertz CT molecular complexity index is 664. The third kappa shape index (κ3) is 2.35. The van der Waals surface area contributed by atoms with Gasteiger partial charge in [-0.1, -0.05) is 0 Å². The Hall–Kier alpha value is -1.69. The molecule has 3 atom stereocenters. The molecule has 1 N–H and O–H groups in total. The average molecular weight is 318 g/mol. The first-order valence-electron chi connectivity index (χ1n) is 7.77. The van der Waals surface area contributed by atoms with E-state index in [1.165, 1.54) is 9.75 Å². The minimum Gasteiger partial charge on any atom is -0.327 e. The molecule has 22 heavy (non-hydrogen) atoms. The fourth-order valence-corrected chi connectivity index (χ4v) is 4.39. The van der Waals surface area contributed by atoms with Gasteiger partial charge in [-0.3, -0.25) is 19.7 Å². The fraction of sp³-hybridized carbons (Fsp3) is 0.562. The molecule has 0 bridgehead atoms. The molecular formula is C16H18N2O3S. The standard InChI is InChI=1S/C16H18N2O3S/c1-8-2-5-13(22-8)10-6-11(10)16(21)18(9-3-4-9)12-7-14(19)17-15(12)20/h2,5,9-12H,3-4,6-7H2,1H3,(H,17,19,20)/t10-,11-,12+/m0/s1. The number of thiophene rings is 1. The van der Waals surface area contributed by atoms with Crippen molar-refractivity contribution in [2.24, 2.45) is 5.92 Å². The van der Waals surface area contributed by atoms with Gasteiger partial charge in [0.25, 0.3) is 0 Å². The summed E-state index contributed by atoms with van der Waals surface area (Å²) >= 11 is 1.74. The second-order valence-corrected chi connectivity index (χ2v) is 7.83. The van der Waals surface area contributed by atoms with Gasteiger partial charge in [0.1, 0.15) is 6.04 Å². The molecule has 3 amide bonds. The number of hydrogen-bond donors (Lipinski definition) is 1. The lowest BCUT2D eigenvalue weighted by atomic mass is 10.1. The summed E-state index contributed by atoms with van der Waals surface area (Å²) in [7, 11) is 0. The van der Waals surface area contributed by atoms with E-state index in [0.717, 1.165) is 19.3 Å². The minimum absolute atomic E-state index is 0.0119. The van der Waals surface area contributed by atoms with Crippen LogP contribution in [0.15, 0.2) is 12.1 Å². The summed E-state index contributed by atoms with van der Waals surface area (Å²) in [5.41, 5.74) is 0. The molecule has 0 unspecified atom stereocenters. The van der Waals surface area contributed by atoms with E-state index in [1.807, 2.05) is 0 Å². The molecule has 3 aliphatic rings. The van der Waals surface area contributed by atoms with Crippen LogP contribution in [0.5, 0.6) is 0 Å². The van der Waals surface area contributed by atoms with E-state index in [-0.39, 0.29) is 36.1 Å². The molecule has 2 heterocycles. The first-order valence-corrected chi connectivity index (χ1v) is 8.58. The molecule has 2 saturated carbocycles. The van der Waals surface area contributed by atoms with Crippen molar-refractivity contribution in [3.63, 3.8) is 0 Å². The van der Waals surface area contributed by atoms with Gasteiger partial charge in [0.2, 0.25) is 17.7 Å². The molecule has 5 nitrogen and oxygen atoms in total. The minimum atomic E-state index is -0.584. The smallest absolute Gasteiger partial charge is 0.249 e. The fourth-order valence-electron chi connectivity index (χ4n) is 3.33. The van der Waals surface area contributed by atoms with Gasteiger partial charge in [-0.15, -0.1) is 11.3 Å². The van der Waals surface area contributed by atoms with Gasteiger partial charge in [-0.05, 0) is 38.3 Å². The SMILES string of the molecule is Cc1ccc([C@H]2C[C@@H]2C(=O)N(C2CC2)[C@@H]2CC(=O)NC2=O)s1. The molecule has 116 valence electrons. The van der Waals surface area contributed by atoms with E-state index in [9.17, 15) is 14.4 Å². The second-order valence-electron chi connectivity index (χ2n) is 6.51. The highest BCUT2D eigenvalue weighted by Crippen LogP contribution is 2.51. The van der Waals surface area contributed by atoms with Crippen molar-refractivity contribution in [3.05, 3.63) is 21.9 Å². The molecule has 0 spiro atoms. The van der Waals surface area contributed by atoms with E-state index >= 15 is 0 Å². The van der Waals surface area contributed by atoms with Gasteiger partial charge in [0.15, 0.2) is 0 Å². The van der Waals surface area contributed by atoms with Crippen molar-refractivity contribution in [3.8, 4) is 0 Å². The number of aryl methyl sites for hydroxylation is 1. The van der Waals surface area contributed by atoms with Gasteiger partial charge in [0, 0.05) is 27.6 Å². The molecule has 4 rings (SSSR count). The van der Waals surface area contributed by atoms with Crippen LogP contribution in [0, 0.1) is 12.8 Å². The van der Waals surface area contributed by atoms with Gasteiger partial charge >= 0.3 is 0 Å². The maximum Gasteiger partial charge on any atom is 0.249 e. The highest BCUT2D eigenvalue weighted by Gasteiger charge is 2.52. The number of imide groups is 1. The zero-order chi connectivity index (χ0) is 15.4. The molecule has 2 aliphatic carbocycles. The van der Waals surface area contributed by atoms with Gasteiger partial charge in [-0.25, -0.2) is 0 Å². The first-order chi connectivity index (χ1) is 10.5. The predicted octanol–water partition coefficient (Wildman–Crippen LogP) is 1.57. The molecule has 6 heteroatoms. The van der Waals surface area contributed by atoms with Gasteiger partial charge in [0.05, 0.1) is 6.42 Å². The van der Waals surface area contributed by atoms with Crippen LogP contribution in [0.3, 0.4) is 0 Å². The summed E-state index contributed by atoms with van der Waals surface area (Å²) in [4.78, 5) is 40.5. The maximum atomic E-state index is 12.9. The normalized spacial score (nSPS) is 30.3. The monoisotopic (exact) mass is 318 g/mol. The third-order valence-corrected chi connectivity index (χ3v) is 5.84. The number of carbonyl (C=O) groups is 3.